The molecule has 2 nitrogen and oxygen atoms in total. The fraction of sp³-hybridized carbons (Fsp3) is 1.00. The molecule has 62 valence electrons. The minimum absolute atomic E-state index is 0. The summed E-state index contributed by atoms with van der Waals surface area (Å²) < 4.78 is 51.2. The molecule has 9 heteroatoms. The van der Waals surface area contributed by atoms with Crippen LogP contribution in [0.4, 0.5) is 21.8 Å². The second-order valence-corrected chi connectivity index (χ2v) is 1.04. The van der Waals surface area contributed by atoms with Gasteiger partial charge in [0.15, 0.2) is 0 Å². The standard InChI is InChI=1S/C2H2F3O.BF2HO.Li/c3-2(4,5)1-6;2-1(3)4;/h1H2;4H;/q-1;;+1. The molecule has 1 N–H and O–H groups in total. The normalized spacial score (nSPS) is 9.00. The van der Waals surface area contributed by atoms with Crippen LogP contribution in [0.5, 0.6) is 0 Å². The van der Waals surface area contributed by atoms with E-state index >= 15 is 0 Å². The smallest absolute Gasteiger partial charge is 0.848 e. The summed E-state index contributed by atoms with van der Waals surface area (Å²) in [5.74, 6) is 0. The van der Waals surface area contributed by atoms with Crippen LogP contribution < -0.4 is 24.0 Å². The van der Waals surface area contributed by atoms with Crippen molar-refractivity contribution in [3.05, 3.63) is 0 Å². The summed E-state index contributed by atoms with van der Waals surface area (Å²) in [6, 6.07) is 0. The van der Waals surface area contributed by atoms with Gasteiger partial charge in [0, 0.05) is 0 Å². The summed E-state index contributed by atoms with van der Waals surface area (Å²) in [6.07, 6.45) is -4.51. The molecule has 0 radical (unpaired) electrons. The molecule has 0 saturated carbocycles. The Kier molecular flexibility index (Phi) is 13.1. The van der Waals surface area contributed by atoms with Gasteiger partial charge in [0.05, 0.1) is 0 Å². The average Bonchev–Trinajstić information content (AvgIpc) is 1.63. The van der Waals surface area contributed by atoms with E-state index in [0.717, 1.165) is 0 Å². The zero-order chi connectivity index (χ0) is 8.78. The first-order valence-electron chi connectivity index (χ1n) is 1.90. The first kappa shape index (κ1) is 17.4. The van der Waals surface area contributed by atoms with Crippen LogP contribution in [0, 0.1) is 0 Å². The van der Waals surface area contributed by atoms with Gasteiger partial charge in [-0.25, -0.2) is 0 Å². The molecule has 0 aliphatic carbocycles. The van der Waals surface area contributed by atoms with Crippen LogP contribution in [-0.2, 0) is 0 Å². The Hall–Kier alpha value is 0.232. The molecule has 11 heavy (non-hydrogen) atoms. The van der Waals surface area contributed by atoms with Gasteiger partial charge in [0.1, 0.15) is 0 Å². The number of hydrogen-bond acceptors (Lipinski definition) is 2. The van der Waals surface area contributed by atoms with Crippen LogP contribution in [-0.4, -0.2) is 25.3 Å². The average molecular weight is 172 g/mol. The van der Waals surface area contributed by atoms with E-state index in [-0.39, 0.29) is 18.9 Å². The van der Waals surface area contributed by atoms with Crippen molar-refractivity contribution in [3.63, 3.8) is 0 Å². The number of hydrogen-bond donors (Lipinski definition) is 1. The third kappa shape index (κ3) is 66.4. The molecule has 0 bridgehead atoms. The first-order chi connectivity index (χ1) is 4.29. The van der Waals surface area contributed by atoms with Crippen molar-refractivity contribution < 1.29 is 50.8 Å². The summed E-state index contributed by atoms with van der Waals surface area (Å²) in [4.78, 5) is 0. The van der Waals surface area contributed by atoms with Crippen LogP contribution in [0.25, 0.3) is 0 Å². The maximum atomic E-state index is 10.5. The van der Waals surface area contributed by atoms with Gasteiger partial charge in [0.2, 0.25) is 0 Å². The molecule has 0 atom stereocenters. The molecule has 0 fully saturated rings. The van der Waals surface area contributed by atoms with Crippen molar-refractivity contribution >= 4 is 7.47 Å². The fourth-order valence-corrected chi connectivity index (χ4v) is 0. The SMILES string of the molecule is OB(F)F.[Li+].[O-]CC(F)(F)F. The Morgan fingerprint density at radius 3 is 1.36 bits per heavy atom. The monoisotopic (exact) mass is 172 g/mol. The molecular weight excluding hydrogens is 169 g/mol. The van der Waals surface area contributed by atoms with Gasteiger partial charge in [-0.3, -0.25) is 8.63 Å². The van der Waals surface area contributed by atoms with Crippen LogP contribution in [0.15, 0.2) is 0 Å². The molecule has 0 aromatic rings. The molecule has 0 aliphatic heterocycles. The van der Waals surface area contributed by atoms with Crippen molar-refractivity contribution in [2.24, 2.45) is 0 Å². The predicted octanol–water partition coefficient (Wildman–Crippen LogP) is -3.18. The second-order valence-electron chi connectivity index (χ2n) is 1.04. The van der Waals surface area contributed by atoms with Gasteiger partial charge in [-0.15, -0.1) is 0 Å². The molecule has 0 spiro atoms. The van der Waals surface area contributed by atoms with Gasteiger partial charge in [0.25, 0.3) is 0 Å². The van der Waals surface area contributed by atoms with E-state index in [0.29, 0.717) is 0 Å². The topological polar surface area (TPSA) is 43.3 Å². The van der Waals surface area contributed by atoms with Crippen molar-refractivity contribution in [2.45, 2.75) is 6.18 Å². The van der Waals surface area contributed by atoms with Gasteiger partial charge in [-0.2, -0.15) is 13.2 Å². The Morgan fingerprint density at radius 1 is 1.27 bits per heavy atom. The van der Waals surface area contributed by atoms with Crippen molar-refractivity contribution in [2.75, 3.05) is 6.61 Å². The number of alkyl halides is 3. The number of halogens is 5. The molecule has 0 amide bonds. The Balaban J connectivity index is -0.000000114. The fourth-order valence-electron chi connectivity index (χ4n) is 0. The Morgan fingerprint density at radius 2 is 1.36 bits per heavy atom. The van der Waals surface area contributed by atoms with Gasteiger partial charge >= 0.3 is 32.5 Å². The minimum Gasteiger partial charge on any atom is -0.848 e. The van der Waals surface area contributed by atoms with Gasteiger partial charge in [-0.05, 0) is 6.61 Å². The first-order valence-corrected chi connectivity index (χ1v) is 1.90. The summed E-state index contributed by atoms with van der Waals surface area (Å²) in [5.41, 5.74) is 0. The van der Waals surface area contributed by atoms with Gasteiger partial charge < -0.3 is 10.1 Å². The third-order valence-corrected chi connectivity index (χ3v) is 0.164. The van der Waals surface area contributed by atoms with E-state index < -0.39 is 20.3 Å². The van der Waals surface area contributed by atoms with Crippen molar-refractivity contribution in [3.8, 4) is 0 Å². The van der Waals surface area contributed by atoms with E-state index in [1.165, 1.54) is 0 Å². The summed E-state index contributed by atoms with van der Waals surface area (Å²) in [7, 11) is -3.17. The zero-order valence-electron chi connectivity index (χ0n) is 5.53. The molecular formula is C2H3BF5LiO2. The maximum Gasteiger partial charge on any atom is 1.00 e. The van der Waals surface area contributed by atoms with Crippen molar-refractivity contribution in [1.29, 1.82) is 0 Å². The zero-order valence-corrected chi connectivity index (χ0v) is 5.53. The van der Waals surface area contributed by atoms with Crippen molar-refractivity contribution in [1.82, 2.24) is 0 Å². The van der Waals surface area contributed by atoms with Crippen LogP contribution in [0.3, 0.4) is 0 Å². The van der Waals surface area contributed by atoms with Gasteiger partial charge in [-0.1, -0.05) is 0 Å². The summed E-state index contributed by atoms with van der Waals surface area (Å²) >= 11 is 0. The molecule has 0 heterocycles. The molecule has 0 aromatic heterocycles. The summed E-state index contributed by atoms with van der Waals surface area (Å²) in [6.45, 7) is -1.98. The quantitative estimate of drug-likeness (QED) is 0.309. The molecule has 0 aromatic carbocycles. The van der Waals surface area contributed by atoms with E-state index in [9.17, 15) is 21.8 Å². The second kappa shape index (κ2) is 8.33. The van der Waals surface area contributed by atoms with Crippen LogP contribution >= 0.6 is 0 Å². The van der Waals surface area contributed by atoms with E-state index in [2.05, 4.69) is 0 Å². The maximum absolute atomic E-state index is 10.5. The van der Waals surface area contributed by atoms with E-state index in [1.807, 2.05) is 0 Å². The van der Waals surface area contributed by atoms with Crippen LogP contribution in [0.1, 0.15) is 0 Å². The van der Waals surface area contributed by atoms with E-state index in [1.54, 1.807) is 0 Å². The van der Waals surface area contributed by atoms with Crippen LogP contribution in [0.2, 0.25) is 0 Å². The molecule has 0 rings (SSSR count). The van der Waals surface area contributed by atoms with E-state index in [4.69, 9.17) is 10.1 Å². The summed E-state index contributed by atoms with van der Waals surface area (Å²) in [5, 5.41) is 15.5. The Labute approximate surface area is 71.8 Å². The minimum atomic E-state index is -4.51. The predicted molar refractivity (Wildman–Crippen MR) is 21.1 cm³/mol. The molecule has 0 unspecified atom stereocenters. The largest absolute Gasteiger partial charge is 1.00 e. The Bertz CT molecular complexity index is 74.6. The molecule has 0 aliphatic rings. The molecule has 0 saturated heterocycles. The number of rotatable bonds is 0. The third-order valence-electron chi connectivity index (χ3n) is 0.164.